The lowest BCUT2D eigenvalue weighted by Crippen LogP contribution is -2.19. The van der Waals surface area contributed by atoms with Gasteiger partial charge in [0, 0.05) is 29.6 Å². The molecule has 5 rings (SSSR count). The molecule has 5 aromatic rings. The first-order valence-electron chi connectivity index (χ1n) is 11.3. The van der Waals surface area contributed by atoms with Crippen molar-refractivity contribution in [1.29, 1.82) is 0 Å². The molecule has 0 saturated heterocycles. The van der Waals surface area contributed by atoms with E-state index in [1.54, 1.807) is 19.3 Å². The molecule has 0 fully saturated rings. The maximum atomic E-state index is 13.5. The zero-order valence-corrected chi connectivity index (χ0v) is 20.2. The second-order valence-electron chi connectivity index (χ2n) is 8.11. The third kappa shape index (κ3) is 4.38. The van der Waals surface area contributed by atoms with Gasteiger partial charge in [0.2, 0.25) is 0 Å². The molecule has 35 heavy (non-hydrogen) atoms. The molecule has 2 aromatic carbocycles. The quantitative estimate of drug-likeness (QED) is 0.259. The van der Waals surface area contributed by atoms with Crippen LogP contribution in [-0.4, -0.2) is 23.1 Å². The van der Waals surface area contributed by atoms with Crippen LogP contribution >= 0.6 is 11.3 Å². The number of furan rings is 1. The van der Waals surface area contributed by atoms with E-state index in [4.69, 9.17) is 9.15 Å². The molecule has 3 heterocycles. The van der Waals surface area contributed by atoms with Crippen LogP contribution in [0.3, 0.4) is 0 Å². The number of anilines is 1. The summed E-state index contributed by atoms with van der Waals surface area (Å²) >= 11 is 1.30. The minimum Gasteiger partial charge on any atom is -0.463 e. The molecule has 0 saturated carbocycles. The second kappa shape index (κ2) is 9.64. The standard InChI is InChI=1S/C28H24N2O4S/c1-3-33-28(32)25-21(19-10-5-4-6-11-19)17-35-27(25)29-26(31)23-15-24-22(13-14-34-24)30(23)16-20-12-8-7-9-18(20)2/h4-15,17H,3,16H2,1-2H3,(H,29,31). The van der Waals surface area contributed by atoms with Gasteiger partial charge in [-0.1, -0.05) is 54.6 Å². The summed E-state index contributed by atoms with van der Waals surface area (Å²) in [5.74, 6) is -0.788. The second-order valence-corrected chi connectivity index (χ2v) is 8.99. The Hall–Kier alpha value is -4.10. The van der Waals surface area contributed by atoms with E-state index in [2.05, 4.69) is 5.32 Å². The van der Waals surface area contributed by atoms with Crippen LogP contribution in [0.4, 0.5) is 5.00 Å². The number of benzene rings is 2. The number of esters is 1. The molecule has 0 aliphatic heterocycles. The fourth-order valence-corrected chi connectivity index (χ4v) is 5.10. The highest BCUT2D eigenvalue weighted by Gasteiger charge is 2.25. The van der Waals surface area contributed by atoms with Gasteiger partial charge in [0.25, 0.3) is 5.91 Å². The van der Waals surface area contributed by atoms with Crippen molar-refractivity contribution < 1.29 is 18.7 Å². The lowest BCUT2D eigenvalue weighted by atomic mass is 10.0. The fourth-order valence-electron chi connectivity index (χ4n) is 4.15. The third-order valence-corrected chi connectivity index (χ3v) is 6.82. The van der Waals surface area contributed by atoms with E-state index in [1.807, 2.05) is 77.5 Å². The molecule has 6 nitrogen and oxygen atoms in total. The summed E-state index contributed by atoms with van der Waals surface area (Å²) in [4.78, 5) is 26.4. The van der Waals surface area contributed by atoms with E-state index in [9.17, 15) is 9.59 Å². The molecule has 0 unspecified atom stereocenters. The Labute approximate surface area is 206 Å². The van der Waals surface area contributed by atoms with Crippen LogP contribution < -0.4 is 5.32 Å². The summed E-state index contributed by atoms with van der Waals surface area (Å²) in [5, 5.41) is 5.29. The van der Waals surface area contributed by atoms with Gasteiger partial charge in [-0.25, -0.2) is 4.79 Å². The summed E-state index contributed by atoms with van der Waals surface area (Å²) in [6.45, 7) is 4.57. The Morgan fingerprint density at radius 3 is 2.60 bits per heavy atom. The highest BCUT2D eigenvalue weighted by molar-refractivity contribution is 7.15. The molecular weight excluding hydrogens is 460 g/mol. The lowest BCUT2D eigenvalue weighted by Gasteiger charge is -2.13. The van der Waals surface area contributed by atoms with Crippen molar-refractivity contribution in [2.24, 2.45) is 0 Å². The number of hydrogen-bond donors (Lipinski definition) is 1. The average Bonchev–Trinajstić information content (AvgIpc) is 3.57. The van der Waals surface area contributed by atoms with Crippen LogP contribution in [0.2, 0.25) is 0 Å². The number of carbonyl (C=O) groups is 2. The Morgan fingerprint density at radius 1 is 1.06 bits per heavy atom. The van der Waals surface area contributed by atoms with Crippen molar-refractivity contribution >= 4 is 39.3 Å². The number of nitrogens with one attached hydrogen (secondary N) is 1. The predicted octanol–water partition coefficient (Wildman–Crippen LogP) is 6.75. The molecule has 0 aliphatic rings. The van der Waals surface area contributed by atoms with Gasteiger partial charge < -0.3 is 19.0 Å². The Kier molecular flexibility index (Phi) is 6.25. The van der Waals surface area contributed by atoms with E-state index in [0.29, 0.717) is 28.4 Å². The summed E-state index contributed by atoms with van der Waals surface area (Å²) in [6, 6.07) is 21.3. The van der Waals surface area contributed by atoms with Gasteiger partial charge in [-0.2, -0.15) is 0 Å². The number of nitrogens with zero attached hydrogens (tertiary/aromatic N) is 1. The van der Waals surface area contributed by atoms with Crippen molar-refractivity contribution in [2.75, 3.05) is 11.9 Å². The summed E-state index contributed by atoms with van der Waals surface area (Å²) < 4.78 is 12.9. The summed E-state index contributed by atoms with van der Waals surface area (Å²) in [6.07, 6.45) is 1.62. The van der Waals surface area contributed by atoms with E-state index >= 15 is 0 Å². The molecule has 0 atom stereocenters. The van der Waals surface area contributed by atoms with E-state index in [-0.39, 0.29) is 12.5 Å². The molecular formula is C28H24N2O4S. The molecule has 3 aromatic heterocycles. The van der Waals surface area contributed by atoms with Crippen LogP contribution in [-0.2, 0) is 11.3 Å². The first kappa shape index (κ1) is 22.7. The first-order chi connectivity index (χ1) is 17.1. The van der Waals surface area contributed by atoms with E-state index in [0.717, 1.165) is 27.8 Å². The number of amides is 1. The zero-order valence-electron chi connectivity index (χ0n) is 19.4. The number of fused-ring (bicyclic) bond motifs is 1. The monoisotopic (exact) mass is 484 g/mol. The van der Waals surface area contributed by atoms with Gasteiger partial charge in [-0.3, -0.25) is 4.79 Å². The molecule has 1 amide bonds. The number of carbonyl (C=O) groups excluding carboxylic acids is 2. The SMILES string of the molecule is CCOC(=O)c1c(-c2ccccc2)csc1NC(=O)c1cc2occc2n1Cc1ccccc1C. The number of rotatable bonds is 7. The Balaban J connectivity index is 1.53. The minimum atomic E-state index is -0.466. The highest BCUT2D eigenvalue weighted by Crippen LogP contribution is 2.36. The first-order valence-corrected chi connectivity index (χ1v) is 12.2. The minimum absolute atomic E-state index is 0.242. The summed E-state index contributed by atoms with van der Waals surface area (Å²) in [7, 11) is 0. The van der Waals surface area contributed by atoms with Crippen molar-refractivity contribution in [3.8, 4) is 11.1 Å². The lowest BCUT2D eigenvalue weighted by molar-refractivity contribution is 0.0529. The summed E-state index contributed by atoms with van der Waals surface area (Å²) in [5.41, 5.74) is 6.13. The van der Waals surface area contributed by atoms with Crippen molar-refractivity contribution in [1.82, 2.24) is 4.57 Å². The van der Waals surface area contributed by atoms with Crippen LogP contribution in [0.25, 0.3) is 22.2 Å². The number of thiophene rings is 1. The number of hydrogen-bond acceptors (Lipinski definition) is 5. The van der Waals surface area contributed by atoms with Gasteiger partial charge in [0.05, 0.1) is 18.4 Å². The number of ether oxygens (including phenoxy) is 1. The van der Waals surface area contributed by atoms with Crippen molar-refractivity contribution in [3.05, 3.63) is 101 Å². The molecule has 0 bridgehead atoms. The highest BCUT2D eigenvalue weighted by atomic mass is 32.1. The number of aromatic nitrogens is 1. The molecule has 0 aliphatic carbocycles. The Bertz CT molecular complexity index is 1510. The molecule has 7 heteroatoms. The molecule has 1 N–H and O–H groups in total. The normalized spacial score (nSPS) is 11.0. The zero-order chi connectivity index (χ0) is 24.4. The molecule has 176 valence electrons. The van der Waals surface area contributed by atoms with Gasteiger partial charge in [-0.15, -0.1) is 11.3 Å². The average molecular weight is 485 g/mol. The van der Waals surface area contributed by atoms with Gasteiger partial charge in [-0.05, 0) is 30.5 Å². The number of aryl methyl sites for hydroxylation is 1. The van der Waals surface area contributed by atoms with Crippen molar-refractivity contribution in [2.45, 2.75) is 20.4 Å². The predicted molar refractivity (Wildman–Crippen MR) is 138 cm³/mol. The smallest absolute Gasteiger partial charge is 0.341 e. The van der Waals surface area contributed by atoms with Gasteiger partial charge in [0.15, 0.2) is 5.58 Å². The van der Waals surface area contributed by atoms with Crippen LogP contribution in [0.5, 0.6) is 0 Å². The van der Waals surface area contributed by atoms with Gasteiger partial charge >= 0.3 is 5.97 Å². The third-order valence-electron chi connectivity index (χ3n) is 5.93. The maximum Gasteiger partial charge on any atom is 0.341 e. The van der Waals surface area contributed by atoms with Crippen LogP contribution in [0.15, 0.2) is 82.8 Å². The van der Waals surface area contributed by atoms with E-state index < -0.39 is 5.97 Å². The molecule has 0 radical (unpaired) electrons. The van der Waals surface area contributed by atoms with Crippen LogP contribution in [0, 0.1) is 6.92 Å². The Morgan fingerprint density at radius 2 is 1.83 bits per heavy atom. The van der Waals surface area contributed by atoms with Crippen LogP contribution in [0.1, 0.15) is 38.9 Å². The van der Waals surface area contributed by atoms with Gasteiger partial charge in [0.1, 0.15) is 16.3 Å². The largest absolute Gasteiger partial charge is 0.463 e. The maximum absolute atomic E-state index is 13.5. The van der Waals surface area contributed by atoms with E-state index in [1.165, 1.54) is 11.3 Å². The van der Waals surface area contributed by atoms with Crippen molar-refractivity contribution in [3.63, 3.8) is 0 Å². The molecule has 0 spiro atoms. The fraction of sp³-hybridized carbons (Fsp3) is 0.143. The topological polar surface area (TPSA) is 73.5 Å².